The Morgan fingerprint density at radius 2 is 1.73 bits per heavy atom. The van der Waals surface area contributed by atoms with Crippen molar-refractivity contribution in [3.63, 3.8) is 0 Å². The molecule has 2 N–H and O–H groups in total. The molecule has 1 saturated heterocycles. The zero-order chi connectivity index (χ0) is 19.5. The average molecular weight is 361 g/mol. The van der Waals surface area contributed by atoms with Crippen molar-refractivity contribution >= 4 is 11.6 Å². The van der Waals surface area contributed by atoms with Crippen molar-refractivity contribution in [3.8, 4) is 0 Å². The lowest BCUT2D eigenvalue weighted by Crippen LogP contribution is -3.16. The maximum atomic E-state index is 12.5. The predicted molar refractivity (Wildman–Crippen MR) is 110 cm³/mol. The monoisotopic (exact) mass is 360 g/mol. The number of benzene rings is 1. The molecule has 1 fully saturated rings. The number of hydrogen-bond donors (Lipinski definition) is 2. The molecule has 1 heterocycles. The van der Waals surface area contributed by atoms with E-state index in [-0.39, 0.29) is 16.9 Å². The van der Waals surface area contributed by atoms with E-state index in [0.717, 1.165) is 32.6 Å². The number of aryl methyl sites for hydroxylation is 1. The normalized spacial score (nSPS) is 16.7. The average Bonchev–Trinajstić information content (AvgIpc) is 2.48. The van der Waals surface area contributed by atoms with Crippen LogP contribution in [-0.4, -0.2) is 44.2 Å². The van der Waals surface area contributed by atoms with E-state index in [1.165, 1.54) is 21.7 Å². The van der Waals surface area contributed by atoms with Gasteiger partial charge in [0.1, 0.15) is 0 Å². The number of nitrogens with one attached hydrogen (secondary N) is 2. The number of nitrogens with zero attached hydrogens (tertiary/aromatic N) is 1. The van der Waals surface area contributed by atoms with Crippen LogP contribution < -0.4 is 15.1 Å². The van der Waals surface area contributed by atoms with Crippen LogP contribution in [0.1, 0.15) is 52.2 Å². The van der Waals surface area contributed by atoms with Crippen LogP contribution in [0.3, 0.4) is 0 Å². The molecule has 0 atom stereocenters. The fourth-order valence-electron chi connectivity index (χ4n) is 4.34. The largest absolute Gasteiger partial charge is 0.360 e. The van der Waals surface area contributed by atoms with Gasteiger partial charge in [-0.15, -0.1) is 0 Å². The molecule has 1 aliphatic rings. The first-order valence-electron chi connectivity index (χ1n) is 9.93. The first-order valence-corrected chi connectivity index (χ1v) is 9.93. The van der Waals surface area contributed by atoms with Crippen LogP contribution in [0.2, 0.25) is 0 Å². The molecule has 0 spiro atoms. The van der Waals surface area contributed by atoms with E-state index in [2.05, 4.69) is 76.9 Å². The highest BCUT2D eigenvalue weighted by molar-refractivity contribution is 5.77. The molecule has 4 heteroatoms. The second kappa shape index (κ2) is 7.99. The lowest BCUT2D eigenvalue weighted by Gasteiger charge is -2.36. The summed E-state index contributed by atoms with van der Waals surface area (Å²) in [6, 6.07) is 6.53. The minimum atomic E-state index is -0.157. The SMILES string of the molecule is Cc1cccc(N2CC[NH+](CC(=O)NC(C)(C)CC(C)(C)C)CC2)c1C. The Kier molecular flexibility index (Phi) is 6.38. The number of rotatable bonds is 5. The standard InChI is InChI=1S/C22H37N3O/c1-17-9-8-10-19(18(17)2)25-13-11-24(12-14-25)15-20(26)23-22(6,7)16-21(3,4)5/h8-10H,11-16H2,1-7H3,(H,23,26)/p+1. The van der Waals surface area contributed by atoms with Gasteiger partial charge in [0.25, 0.3) is 5.91 Å². The molecule has 0 radical (unpaired) electrons. The molecule has 4 nitrogen and oxygen atoms in total. The molecule has 0 unspecified atom stereocenters. The van der Waals surface area contributed by atoms with Gasteiger partial charge in [0.05, 0.1) is 26.2 Å². The molecular formula is C22H38N3O+. The first kappa shape index (κ1) is 20.8. The number of amides is 1. The molecule has 0 aliphatic carbocycles. The van der Waals surface area contributed by atoms with Crippen LogP contribution in [0.5, 0.6) is 0 Å². The number of hydrogen-bond acceptors (Lipinski definition) is 2. The van der Waals surface area contributed by atoms with E-state index in [1.54, 1.807) is 0 Å². The molecule has 1 aliphatic heterocycles. The maximum Gasteiger partial charge on any atom is 0.275 e. The number of anilines is 1. The van der Waals surface area contributed by atoms with Crippen LogP contribution in [0.15, 0.2) is 18.2 Å². The van der Waals surface area contributed by atoms with Gasteiger partial charge in [0.2, 0.25) is 0 Å². The summed E-state index contributed by atoms with van der Waals surface area (Å²) in [5.74, 6) is 0.175. The van der Waals surface area contributed by atoms with Crippen LogP contribution >= 0.6 is 0 Å². The van der Waals surface area contributed by atoms with Gasteiger partial charge in [-0.3, -0.25) is 4.79 Å². The Morgan fingerprint density at radius 3 is 2.31 bits per heavy atom. The summed E-state index contributed by atoms with van der Waals surface area (Å²) in [5.41, 5.74) is 4.12. The van der Waals surface area contributed by atoms with Crippen molar-refractivity contribution in [1.82, 2.24) is 5.32 Å². The number of carbonyl (C=O) groups is 1. The van der Waals surface area contributed by atoms with Crippen molar-refractivity contribution < 1.29 is 9.69 Å². The molecule has 26 heavy (non-hydrogen) atoms. The van der Waals surface area contributed by atoms with Crippen LogP contribution in [0.4, 0.5) is 5.69 Å². The minimum absolute atomic E-state index is 0.157. The van der Waals surface area contributed by atoms with Gasteiger partial charge in [0, 0.05) is 11.2 Å². The van der Waals surface area contributed by atoms with Crippen molar-refractivity contribution in [1.29, 1.82) is 0 Å². The van der Waals surface area contributed by atoms with Gasteiger partial charge < -0.3 is 15.1 Å². The molecule has 2 rings (SSSR count). The zero-order valence-electron chi connectivity index (χ0n) is 17.8. The van der Waals surface area contributed by atoms with E-state index in [1.807, 2.05) is 0 Å². The van der Waals surface area contributed by atoms with Crippen molar-refractivity contribution in [2.45, 2.75) is 60.4 Å². The number of quaternary nitrogens is 1. The highest BCUT2D eigenvalue weighted by Gasteiger charge is 2.29. The Morgan fingerprint density at radius 1 is 1.12 bits per heavy atom. The van der Waals surface area contributed by atoms with E-state index in [4.69, 9.17) is 0 Å². The second-order valence-corrected chi connectivity index (χ2v) is 9.80. The third kappa shape index (κ3) is 6.01. The molecule has 1 amide bonds. The quantitative estimate of drug-likeness (QED) is 0.846. The molecule has 1 aromatic rings. The lowest BCUT2D eigenvalue weighted by molar-refractivity contribution is -0.892. The van der Waals surface area contributed by atoms with Gasteiger partial charge in [-0.25, -0.2) is 0 Å². The zero-order valence-corrected chi connectivity index (χ0v) is 17.8. The van der Waals surface area contributed by atoms with Crippen LogP contribution in [0.25, 0.3) is 0 Å². The van der Waals surface area contributed by atoms with Gasteiger partial charge in [-0.1, -0.05) is 32.9 Å². The summed E-state index contributed by atoms with van der Waals surface area (Å²) in [7, 11) is 0. The molecular weight excluding hydrogens is 322 g/mol. The van der Waals surface area contributed by atoms with Gasteiger partial charge >= 0.3 is 0 Å². The fourth-order valence-corrected chi connectivity index (χ4v) is 4.34. The number of carbonyl (C=O) groups excluding carboxylic acids is 1. The molecule has 0 bridgehead atoms. The first-order chi connectivity index (χ1) is 12.0. The fraction of sp³-hybridized carbons (Fsp3) is 0.682. The van der Waals surface area contributed by atoms with Gasteiger partial charge in [-0.2, -0.15) is 0 Å². The highest BCUT2D eigenvalue weighted by atomic mass is 16.2. The van der Waals surface area contributed by atoms with E-state index >= 15 is 0 Å². The summed E-state index contributed by atoms with van der Waals surface area (Å²) >= 11 is 0. The minimum Gasteiger partial charge on any atom is -0.360 e. The summed E-state index contributed by atoms with van der Waals surface area (Å²) in [6.07, 6.45) is 0.974. The summed E-state index contributed by atoms with van der Waals surface area (Å²) in [5, 5.41) is 3.25. The molecule has 146 valence electrons. The third-order valence-corrected chi connectivity index (χ3v) is 5.25. The topological polar surface area (TPSA) is 36.8 Å². The Labute approximate surface area is 159 Å². The smallest absolute Gasteiger partial charge is 0.275 e. The van der Waals surface area contributed by atoms with E-state index in [9.17, 15) is 4.79 Å². The van der Waals surface area contributed by atoms with E-state index in [0.29, 0.717) is 6.54 Å². The summed E-state index contributed by atoms with van der Waals surface area (Å²) in [6.45, 7) is 19.9. The van der Waals surface area contributed by atoms with Crippen LogP contribution in [0, 0.1) is 19.3 Å². The molecule has 0 aromatic heterocycles. The van der Waals surface area contributed by atoms with E-state index < -0.39 is 0 Å². The van der Waals surface area contributed by atoms with Crippen molar-refractivity contribution in [2.24, 2.45) is 5.41 Å². The van der Waals surface area contributed by atoms with Gasteiger partial charge in [-0.05, 0) is 56.7 Å². The molecule has 1 aromatic carbocycles. The summed E-state index contributed by atoms with van der Waals surface area (Å²) in [4.78, 5) is 16.4. The lowest BCUT2D eigenvalue weighted by atomic mass is 9.82. The second-order valence-electron chi connectivity index (χ2n) is 9.80. The summed E-state index contributed by atoms with van der Waals surface area (Å²) < 4.78 is 0. The Bertz CT molecular complexity index is 623. The van der Waals surface area contributed by atoms with Crippen LogP contribution in [-0.2, 0) is 4.79 Å². The Hall–Kier alpha value is -1.55. The third-order valence-electron chi connectivity index (χ3n) is 5.25. The van der Waals surface area contributed by atoms with Crippen molar-refractivity contribution in [2.75, 3.05) is 37.6 Å². The molecule has 0 saturated carbocycles. The van der Waals surface area contributed by atoms with Gasteiger partial charge in [0.15, 0.2) is 6.54 Å². The maximum absolute atomic E-state index is 12.5. The predicted octanol–water partition coefficient (Wildman–Crippen LogP) is 2.34. The Balaban J connectivity index is 1.85. The van der Waals surface area contributed by atoms with Crippen molar-refractivity contribution in [3.05, 3.63) is 29.3 Å². The highest BCUT2D eigenvalue weighted by Crippen LogP contribution is 2.26. The number of piperazine rings is 1.